The summed E-state index contributed by atoms with van der Waals surface area (Å²) in [5.74, 6) is -0.318. The van der Waals surface area contributed by atoms with Gasteiger partial charge in [-0.1, -0.05) is 0 Å². The fourth-order valence-corrected chi connectivity index (χ4v) is 0.687. The number of carbonyl (C=O) groups is 1. The summed E-state index contributed by atoms with van der Waals surface area (Å²) in [6.07, 6.45) is 2.81. The Morgan fingerprint density at radius 3 is 3.17 bits per heavy atom. The predicted molar refractivity (Wildman–Crippen MR) is 41.1 cm³/mol. The van der Waals surface area contributed by atoms with Gasteiger partial charge in [-0.05, 0) is 6.92 Å². The van der Waals surface area contributed by atoms with Gasteiger partial charge in [0.25, 0.3) is 5.91 Å². The lowest BCUT2D eigenvalue weighted by Gasteiger charge is -2.02. The summed E-state index contributed by atoms with van der Waals surface area (Å²) in [4.78, 5) is 17.5. The van der Waals surface area contributed by atoms with E-state index in [-0.39, 0.29) is 5.91 Å². The van der Waals surface area contributed by atoms with Gasteiger partial charge in [-0.25, -0.2) is 4.98 Å². The molecule has 12 heavy (non-hydrogen) atoms. The number of hydrogen-bond acceptors (Lipinski definition) is 3. The number of aromatic amines is 1. The van der Waals surface area contributed by atoms with Gasteiger partial charge >= 0.3 is 0 Å². The predicted octanol–water partition coefficient (Wildman–Crippen LogP) is 0.0516. The second kappa shape index (κ2) is 3.53. The summed E-state index contributed by atoms with van der Waals surface area (Å²) < 4.78 is 0. The maximum absolute atomic E-state index is 11.1. The van der Waals surface area contributed by atoms with E-state index < -0.39 is 6.04 Å². The summed E-state index contributed by atoms with van der Waals surface area (Å²) in [6.45, 7) is 1.61. The quantitative estimate of drug-likeness (QED) is 0.648. The van der Waals surface area contributed by atoms with Crippen LogP contribution in [0.2, 0.25) is 0 Å². The standard InChI is InChI=1S/C7H8N4O/c1-5(2-8)11-7(12)6-3-9-4-10-6/h3-5H,1H3,(H,9,10)(H,11,12)/t5-/m0/s1. The maximum Gasteiger partial charge on any atom is 0.270 e. The van der Waals surface area contributed by atoms with Gasteiger partial charge < -0.3 is 10.3 Å². The van der Waals surface area contributed by atoms with Crippen molar-refractivity contribution in [3.63, 3.8) is 0 Å². The van der Waals surface area contributed by atoms with E-state index in [1.807, 2.05) is 6.07 Å². The molecule has 1 aromatic rings. The third-order valence-electron chi connectivity index (χ3n) is 1.28. The molecule has 0 aromatic carbocycles. The Hall–Kier alpha value is -1.83. The summed E-state index contributed by atoms with van der Waals surface area (Å²) >= 11 is 0. The number of carbonyl (C=O) groups excluding carboxylic acids is 1. The Kier molecular flexibility index (Phi) is 2.43. The van der Waals surface area contributed by atoms with Gasteiger partial charge in [0.15, 0.2) is 0 Å². The van der Waals surface area contributed by atoms with Crippen molar-refractivity contribution in [2.24, 2.45) is 0 Å². The van der Waals surface area contributed by atoms with Crippen LogP contribution in [0.5, 0.6) is 0 Å². The largest absolute Gasteiger partial charge is 0.341 e. The summed E-state index contributed by atoms with van der Waals surface area (Å²) in [6, 6.07) is 1.41. The van der Waals surface area contributed by atoms with Crippen molar-refractivity contribution in [1.29, 1.82) is 5.26 Å². The number of amides is 1. The molecule has 0 radical (unpaired) electrons. The van der Waals surface area contributed by atoms with Gasteiger partial charge in [0.2, 0.25) is 0 Å². The number of nitrogens with zero attached hydrogens (tertiary/aromatic N) is 2. The van der Waals surface area contributed by atoms with Crippen molar-refractivity contribution < 1.29 is 4.79 Å². The minimum atomic E-state index is -0.485. The zero-order valence-corrected chi connectivity index (χ0v) is 6.53. The second-order valence-corrected chi connectivity index (χ2v) is 2.29. The average molecular weight is 164 g/mol. The third kappa shape index (κ3) is 1.83. The van der Waals surface area contributed by atoms with Crippen LogP contribution in [0, 0.1) is 11.3 Å². The van der Waals surface area contributed by atoms with E-state index in [1.54, 1.807) is 6.92 Å². The van der Waals surface area contributed by atoms with Crippen molar-refractivity contribution in [3.05, 3.63) is 18.2 Å². The van der Waals surface area contributed by atoms with E-state index in [0.29, 0.717) is 5.69 Å². The zero-order chi connectivity index (χ0) is 8.97. The molecular weight excluding hydrogens is 156 g/mol. The molecule has 5 heteroatoms. The normalized spacial score (nSPS) is 11.7. The third-order valence-corrected chi connectivity index (χ3v) is 1.28. The van der Waals surface area contributed by atoms with Crippen LogP contribution in [0.25, 0.3) is 0 Å². The Balaban J connectivity index is 2.57. The molecule has 1 rings (SSSR count). The Labute approximate surface area is 69.4 Å². The molecule has 0 unspecified atom stereocenters. The minimum absolute atomic E-state index is 0.318. The number of imidazole rings is 1. The molecule has 0 saturated carbocycles. The molecule has 0 aliphatic rings. The Morgan fingerprint density at radius 1 is 1.92 bits per heavy atom. The Morgan fingerprint density at radius 2 is 2.67 bits per heavy atom. The van der Waals surface area contributed by atoms with Gasteiger partial charge in [0.05, 0.1) is 18.6 Å². The van der Waals surface area contributed by atoms with Gasteiger partial charge in [-0.2, -0.15) is 5.26 Å². The highest BCUT2D eigenvalue weighted by molar-refractivity contribution is 5.92. The Bertz CT molecular complexity index is 298. The van der Waals surface area contributed by atoms with Crippen molar-refractivity contribution >= 4 is 5.91 Å². The molecule has 62 valence electrons. The number of H-pyrrole nitrogens is 1. The van der Waals surface area contributed by atoms with Gasteiger partial charge in [0, 0.05) is 0 Å². The average Bonchev–Trinajstić information content (AvgIpc) is 2.56. The number of nitrogens with one attached hydrogen (secondary N) is 2. The first-order valence-electron chi connectivity index (χ1n) is 3.43. The molecule has 1 amide bonds. The van der Waals surface area contributed by atoms with Crippen molar-refractivity contribution in [3.8, 4) is 6.07 Å². The fraction of sp³-hybridized carbons (Fsp3) is 0.286. The number of aromatic nitrogens is 2. The maximum atomic E-state index is 11.1. The van der Waals surface area contributed by atoms with Crippen molar-refractivity contribution in [1.82, 2.24) is 15.3 Å². The molecular formula is C7H8N4O. The van der Waals surface area contributed by atoms with Gasteiger partial charge in [-0.3, -0.25) is 4.79 Å². The molecule has 0 aliphatic heterocycles. The molecule has 5 nitrogen and oxygen atoms in total. The molecule has 1 heterocycles. The highest BCUT2D eigenvalue weighted by Gasteiger charge is 2.08. The van der Waals surface area contributed by atoms with Crippen LogP contribution >= 0.6 is 0 Å². The van der Waals surface area contributed by atoms with E-state index in [2.05, 4.69) is 15.3 Å². The molecule has 1 atom stereocenters. The fourth-order valence-electron chi connectivity index (χ4n) is 0.687. The molecule has 2 N–H and O–H groups in total. The summed E-state index contributed by atoms with van der Waals surface area (Å²) in [5.41, 5.74) is 0.358. The second-order valence-electron chi connectivity index (χ2n) is 2.29. The number of rotatable bonds is 2. The van der Waals surface area contributed by atoms with Crippen LogP contribution < -0.4 is 5.32 Å². The van der Waals surface area contributed by atoms with Crippen LogP contribution in [-0.4, -0.2) is 21.9 Å². The summed E-state index contributed by atoms with van der Waals surface area (Å²) in [7, 11) is 0. The number of nitriles is 1. The highest BCUT2D eigenvalue weighted by atomic mass is 16.1. The first-order chi connectivity index (χ1) is 5.74. The van der Waals surface area contributed by atoms with Crippen molar-refractivity contribution in [2.75, 3.05) is 0 Å². The summed E-state index contributed by atoms with van der Waals surface area (Å²) in [5, 5.41) is 10.9. The lowest BCUT2D eigenvalue weighted by atomic mass is 10.3. The topological polar surface area (TPSA) is 81.6 Å². The first-order valence-corrected chi connectivity index (χ1v) is 3.43. The number of hydrogen-bond donors (Lipinski definition) is 2. The minimum Gasteiger partial charge on any atom is -0.341 e. The highest BCUT2D eigenvalue weighted by Crippen LogP contribution is 1.91. The molecule has 1 aromatic heterocycles. The van der Waals surface area contributed by atoms with E-state index in [0.717, 1.165) is 0 Å². The van der Waals surface area contributed by atoms with Crippen molar-refractivity contribution in [2.45, 2.75) is 13.0 Å². The molecule has 0 aliphatic carbocycles. The van der Waals surface area contributed by atoms with E-state index in [4.69, 9.17) is 5.26 Å². The molecule has 0 bridgehead atoms. The monoisotopic (exact) mass is 164 g/mol. The smallest absolute Gasteiger partial charge is 0.270 e. The van der Waals surface area contributed by atoms with Crippen LogP contribution in [0.1, 0.15) is 17.4 Å². The molecule has 0 saturated heterocycles. The first kappa shape index (κ1) is 8.27. The van der Waals surface area contributed by atoms with Gasteiger partial charge in [-0.15, -0.1) is 0 Å². The van der Waals surface area contributed by atoms with Gasteiger partial charge in [0.1, 0.15) is 11.7 Å². The van der Waals surface area contributed by atoms with E-state index >= 15 is 0 Å². The molecule has 0 spiro atoms. The van der Waals surface area contributed by atoms with E-state index in [1.165, 1.54) is 12.5 Å². The molecule has 0 fully saturated rings. The zero-order valence-electron chi connectivity index (χ0n) is 6.53. The van der Waals surface area contributed by atoms with E-state index in [9.17, 15) is 4.79 Å². The SMILES string of the molecule is C[C@@H](C#N)NC(=O)c1cnc[nH]1. The van der Waals surface area contributed by atoms with Crippen LogP contribution in [0.15, 0.2) is 12.5 Å². The lowest BCUT2D eigenvalue weighted by molar-refractivity contribution is 0.0943. The van der Waals surface area contributed by atoms with Crippen LogP contribution in [0.3, 0.4) is 0 Å². The van der Waals surface area contributed by atoms with Crippen LogP contribution in [-0.2, 0) is 0 Å². The lowest BCUT2D eigenvalue weighted by Crippen LogP contribution is -2.31. The van der Waals surface area contributed by atoms with Crippen LogP contribution in [0.4, 0.5) is 0 Å².